The Morgan fingerprint density at radius 3 is 2.38 bits per heavy atom. The Bertz CT molecular complexity index is 946. The minimum Gasteiger partial charge on any atom is -0.426 e. The van der Waals surface area contributed by atoms with Crippen molar-refractivity contribution in [3.05, 3.63) is 71.2 Å². The predicted octanol–water partition coefficient (Wildman–Crippen LogP) is 5.78. The topological polar surface area (TPSA) is 43.4 Å². The molecule has 0 atom stereocenters. The Kier molecular flexibility index (Phi) is 5.96. The van der Waals surface area contributed by atoms with Crippen molar-refractivity contribution in [1.82, 2.24) is 0 Å². The van der Waals surface area contributed by atoms with Gasteiger partial charge in [-0.3, -0.25) is 9.59 Å². The number of esters is 1. The summed E-state index contributed by atoms with van der Waals surface area (Å²) < 4.78 is 5.34. The van der Waals surface area contributed by atoms with Crippen LogP contribution in [-0.2, 0) is 4.79 Å². The van der Waals surface area contributed by atoms with Gasteiger partial charge < -0.3 is 4.74 Å². The Morgan fingerprint density at radius 1 is 1.00 bits per heavy atom. The van der Waals surface area contributed by atoms with E-state index >= 15 is 0 Å². The van der Waals surface area contributed by atoms with Gasteiger partial charge in [-0.2, -0.15) is 0 Å². The molecule has 0 N–H and O–H groups in total. The molecule has 132 valence electrons. The van der Waals surface area contributed by atoms with Crippen LogP contribution in [0.1, 0.15) is 23.7 Å². The van der Waals surface area contributed by atoms with Crippen molar-refractivity contribution in [2.24, 2.45) is 0 Å². The van der Waals surface area contributed by atoms with Gasteiger partial charge in [-0.05, 0) is 41.8 Å². The van der Waals surface area contributed by atoms with Crippen LogP contribution in [0.3, 0.4) is 0 Å². The van der Waals surface area contributed by atoms with Gasteiger partial charge in [0, 0.05) is 27.3 Å². The van der Waals surface area contributed by atoms with Crippen LogP contribution in [0.5, 0.6) is 5.75 Å². The summed E-state index contributed by atoms with van der Waals surface area (Å²) in [6.45, 7) is 1.81. The third-order valence-electron chi connectivity index (χ3n) is 3.89. The van der Waals surface area contributed by atoms with E-state index in [2.05, 4.69) is 0 Å². The quantitative estimate of drug-likeness (QED) is 0.234. The van der Waals surface area contributed by atoms with Gasteiger partial charge in [0.15, 0.2) is 5.78 Å². The van der Waals surface area contributed by atoms with E-state index < -0.39 is 0 Å². The third-order valence-corrected chi connectivity index (χ3v) is 5.24. The van der Waals surface area contributed by atoms with Gasteiger partial charge >= 0.3 is 5.97 Å². The number of benzene rings is 3. The first-order chi connectivity index (χ1) is 12.6. The number of thioether (sulfide) groups is 1. The first-order valence-electron chi connectivity index (χ1n) is 8.22. The predicted molar refractivity (Wildman–Crippen MR) is 106 cm³/mol. The fourth-order valence-electron chi connectivity index (χ4n) is 2.59. The molecule has 0 amide bonds. The van der Waals surface area contributed by atoms with Crippen molar-refractivity contribution < 1.29 is 14.3 Å². The lowest BCUT2D eigenvalue weighted by atomic mass is 10.1. The van der Waals surface area contributed by atoms with Crippen molar-refractivity contribution in [3.63, 3.8) is 0 Å². The maximum atomic E-state index is 12.1. The van der Waals surface area contributed by atoms with Gasteiger partial charge in [-0.1, -0.05) is 42.8 Å². The largest absolute Gasteiger partial charge is 0.426 e. The van der Waals surface area contributed by atoms with Gasteiger partial charge in [0.05, 0.1) is 5.75 Å². The summed E-state index contributed by atoms with van der Waals surface area (Å²) in [5, 5.41) is 2.64. The highest BCUT2D eigenvalue weighted by atomic mass is 35.5. The molecule has 0 radical (unpaired) electrons. The average Bonchev–Trinajstić information content (AvgIpc) is 2.66. The molecule has 3 rings (SSSR count). The van der Waals surface area contributed by atoms with E-state index in [1.54, 1.807) is 24.3 Å². The van der Waals surface area contributed by atoms with Crippen LogP contribution in [0.4, 0.5) is 0 Å². The summed E-state index contributed by atoms with van der Waals surface area (Å²) in [5.74, 6) is 0.305. The molecule has 26 heavy (non-hydrogen) atoms. The molecule has 0 bridgehead atoms. The molecule has 0 unspecified atom stereocenters. The molecule has 3 aromatic rings. The normalized spacial score (nSPS) is 10.7. The van der Waals surface area contributed by atoms with E-state index in [1.165, 1.54) is 11.8 Å². The molecule has 3 aromatic carbocycles. The number of hydrogen-bond donors (Lipinski definition) is 0. The fraction of sp³-hybridized carbons (Fsp3) is 0.143. The van der Waals surface area contributed by atoms with Crippen LogP contribution in [0.25, 0.3) is 10.8 Å². The number of carbonyl (C=O) groups is 2. The number of ketones is 1. The lowest BCUT2D eigenvalue weighted by Crippen LogP contribution is -2.10. The second-order valence-corrected chi connectivity index (χ2v) is 7.08. The van der Waals surface area contributed by atoms with Crippen LogP contribution >= 0.6 is 23.4 Å². The standard InChI is InChI=1S/C21H17ClO3S/c1-2-18(23)14-9-11-16(12-10-14)25-20(24)13-26-19-8-4-6-15-5-3-7-17(22)21(15)19/h3-12H,2,13H2,1H3. The van der Waals surface area contributed by atoms with Crippen LogP contribution in [0, 0.1) is 0 Å². The second-order valence-electron chi connectivity index (χ2n) is 5.66. The van der Waals surface area contributed by atoms with Crippen molar-refractivity contribution in [3.8, 4) is 5.75 Å². The molecule has 0 heterocycles. The molecule has 0 aliphatic carbocycles. The van der Waals surface area contributed by atoms with E-state index in [0.29, 0.717) is 22.8 Å². The summed E-state index contributed by atoms with van der Waals surface area (Å²) in [4.78, 5) is 24.7. The second kappa shape index (κ2) is 8.39. The number of halogens is 1. The summed E-state index contributed by atoms with van der Waals surface area (Å²) >= 11 is 7.69. The zero-order valence-electron chi connectivity index (χ0n) is 14.2. The SMILES string of the molecule is CCC(=O)c1ccc(OC(=O)CSc2cccc3cccc(Cl)c23)cc1. The molecule has 0 aromatic heterocycles. The molecule has 3 nitrogen and oxygen atoms in total. The number of ether oxygens (including phenoxy) is 1. The first kappa shape index (κ1) is 18.5. The molecule has 0 saturated heterocycles. The molecule has 5 heteroatoms. The van der Waals surface area contributed by atoms with Crippen molar-refractivity contribution in [1.29, 1.82) is 0 Å². The molecule has 0 fully saturated rings. The first-order valence-corrected chi connectivity index (χ1v) is 9.59. The molecular formula is C21H17ClO3S. The Morgan fingerprint density at radius 2 is 1.69 bits per heavy atom. The highest BCUT2D eigenvalue weighted by Crippen LogP contribution is 2.33. The van der Waals surface area contributed by atoms with E-state index in [9.17, 15) is 9.59 Å². The van der Waals surface area contributed by atoms with E-state index in [0.717, 1.165) is 15.7 Å². The highest BCUT2D eigenvalue weighted by molar-refractivity contribution is 8.00. The molecule has 0 saturated carbocycles. The molecule has 0 aliphatic heterocycles. The molecule has 0 aliphatic rings. The molecular weight excluding hydrogens is 368 g/mol. The van der Waals surface area contributed by atoms with Crippen LogP contribution in [0.2, 0.25) is 5.02 Å². The lowest BCUT2D eigenvalue weighted by Gasteiger charge is -2.08. The van der Waals surface area contributed by atoms with Crippen molar-refractivity contribution >= 4 is 45.9 Å². The fourth-order valence-corrected chi connectivity index (χ4v) is 3.81. The minimum atomic E-state index is -0.353. The van der Waals surface area contributed by atoms with Gasteiger partial charge in [0.2, 0.25) is 0 Å². The Labute approximate surface area is 161 Å². The summed E-state index contributed by atoms with van der Waals surface area (Å²) in [6.07, 6.45) is 0.448. The van der Waals surface area contributed by atoms with Crippen molar-refractivity contribution in [2.45, 2.75) is 18.2 Å². The lowest BCUT2D eigenvalue weighted by molar-refractivity contribution is -0.131. The highest BCUT2D eigenvalue weighted by Gasteiger charge is 2.10. The maximum Gasteiger partial charge on any atom is 0.321 e. The van der Waals surface area contributed by atoms with Crippen LogP contribution in [0.15, 0.2) is 65.6 Å². The Balaban J connectivity index is 1.65. The van der Waals surface area contributed by atoms with Crippen LogP contribution < -0.4 is 4.74 Å². The number of fused-ring (bicyclic) bond motifs is 1. The van der Waals surface area contributed by atoms with Gasteiger partial charge in [-0.15, -0.1) is 11.8 Å². The van der Waals surface area contributed by atoms with Crippen LogP contribution in [-0.4, -0.2) is 17.5 Å². The summed E-state index contributed by atoms with van der Waals surface area (Å²) in [5.41, 5.74) is 0.618. The van der Waals surface area contributed by atoms with Crippen molar-refractivity contribution in [2.75, 3.05) is 5.75 Å². The van der Waals surface area contributed by atoms with E-state index in [4.69, 9.17) is 16.3 Å². The third kappa shape index (κ3) is 4.26. The van der Waals surface area contributed by atoms with Gasteiger partial charge in [0.1, 0.15) is 5.75 Å². The minimum absolute atomic E-state index is 0.0614. The Hall–Kier alpha value is -2.30. The van der Waals surface area contributed by atoms with E-state index in [-0.39, 0.29) is 17.5 Å². The summed E-state index contributed by atoms with van der Waals surface area (Å²) in [7, 11) is 0. The zero-order valence-corrected chi connectivity index (χ0v) is 15.8. The average molecular weight is 385 g/mol. The molecule has 0 spiro atoms. The zero-order chi connectivity index (χ0) is 18.5. The maximum absolute atomic E-state index is 12.1. The smallest absolute Gasteiger partial charge is 0.321 e. The van der Waals surface area contributed by atoms with E-state index in [1.807, 2.05) is 43.3 Å². The van der Waals surface area contributed by atoms with Gasteiger partial charge in [-0.25, -0.2) is 0 Å². The number of rotatable bonds is 6. The number of Topliss-reactive ketones (excluding diaryl/α,β-unsaturated/α-hetero) is 1. The number of hydrogen-bond acceptors (Lipinski definition) is 4. The summed E-state index contributed by atoms with van der Waals surface area (Å²) in [6, 6.07) is 18.2. The monoisotopic (exact) mass is 384 g/mol. The number of carbonyl (C=O) groups excluding carboxylic acids is 2. The van der Waals surface area contributed by atoms with Gasteiger partial charge in [0.25, 0.3) is 0 Å².